The van der Waals surface area contributed by atoms with Crippen molar-refractivity contribution in [3.8, 4) is 0 Å². The Labute approximate surface area is 127 Å². The lowest BCUT2D eigenvalue weighted by Gasteiger charge is -2.25. The number of aryl methyl sites for hydroxylation is 3. The molecule has 2 aromatic carbocycles. The van der Waals surface area contributed by atoms with Crippen LogP contribution in [0.5, 0.6) is 0 Å². The van der Waals surface area contributed by atoms with Gasteiger partial charge in [0.1, 0.15) is 0 Å². The van der Waals surface area contributed by atoms with Gasteiger partial charge in [-0.1, -0.05) is 38.5 Å². The molecule has 1 heteroatoms. The summed E-state index contributed by atoms with van der Waals surface area (Å²) < 4.78 is 0. The fraction of sp³-hybridized carbons (Fsp3) is 0.350. The van der Waals surface area contributed by atoms with Crippen molar-refractivity contribution in [2.45, 2.75) is 47.0 Å². The van der Waals surface area contributed by atoms with E-state index in [4.69, 9.17) is 4.98 Å². The molecule has 1 heterocycles. The van der Waals surface area contributed by atoms with E-state index >= 15 is 0 Å². The van der Waals surface area contributed by atoms with E-state index in [1.54, 1.807) is 0 Å². The van der Waals surface area contributed by atoms with Gasteiger partial charge in [0.15, 0.2) is 0 Å². The molecule has 0 N–H and O–H groups in total. The predicted octanol–water partition coefficient (Wildman–Crippen LogP) is 5.61. The third-order valence-corrected chi connectivity index (χ3v) is 4.12. The number of nitrogens with zero attached hydrogens (tertiary/aromatic N) is 1. The minimum Gasteiger partial charge on any atom is -0.248 e. The molecule has 0 unspecified atom stereocenters. The molecule has 108 valence electrons. The van der Waals surface area contributed by atoms with Gasteiger partial charge in [-0.3, -0.25) is 0 Å². The number of rotatable bonds is 0. The molecule has 0 amide bonds. The molecule has 0 aliphatic carbocycles. The Hall–Kier alpha value is -1.89. The van der Waals surface area contributed by atoms with Crippen LogP contribution in [0.4, 0.5) is 0 Å². The number of fused-ring (bicyclic) bond motifs is 2. The maximum atomic E-state index is 4.91. The molecule has 3 aromatic rings. The highest BCUT2D eigenvalue weighted by atomic mass is 14.7. The monoisotopic (exact) mass is 277 g/mol. The Bertz CT molecular complexity index is 851. The highest BCUT2D eigenvalue weighted by Gasteiger charge is 2.22. The van der Waals surface area contributed by atoms with E-state index in [0.29, 0.717) is 0 Å². The molecule has 1 aromatic heterocycles. The number of aromatic nitrogens is 1. The van der Waals surface area contributed by atoms with E-state index in [1.165, 1.54) is 33.0 Å². The minimum absolute atomic E-state index is 0.0905. The number of pyridine rings is 1. The van der Waals surface area contributed by atoms with E-state index in [0.717, 1.165) is 11.0 Å². The van der Waals surface area contributed by atoms with Crippen LogP contribution in [-0.2, 0) is 5.41 Å². The molecule has 0 spiro atoms. The lowest BCUT2D eigenvalue weighted by molar-refractivity contribution is 0.600. The summed E-state index contributed by atoms with van der Waals surface area (Å²) in [5.74, 6) is 0. The Kier molecular flexibility index (Phi) is 3.05. The van der Waals surface area contributed by atoms with Crippen LogP contribution in [0.3, 0.4) is 0 Å². The van der Waals surface area contributed by atoms with Crippen LogP contribution < -0.4 is 0 Å². The highest BCUT2D eigenvalue weighted by Crippen LogP contribution is 2.37. The summed E-state index contributed by atoms with van der Waals surface area (Å²) in [5, 5.41) is 2.62. The second-order valence-electron chi connectivity index (χ2n) is 7.23. The zero-order valence-electron chi connectivity index (χ0n) is 13.8. The van der Waals surface area contributed by atoms with Gasteiger partial charge in [-0.2, -0.15) is 0 Å². The first-order valence-corrected chi connectivity index (χ1v) is 7.59. The number of hydrogen-bond acceptors (Lipinski definition) is 1. The maximum absolute atomic E-state index is 4.91. The zero-order valence-corrected chi connectivity index (χ0v) is 13.8. The fourth-order valence-corrected chi connectivity index (χ4v) is 3.35. The van der Waals surface area contributed by atoms with E-state index in [2.05, 4.69) is 71.9 Å². The third-order valence-electron chi connectivity index (χ3n) is 4.12. The number of benzene rings is 2. The maximum Gasteiger partial charge on any atom is 0.0718 e. The van der Waals surface area contributed by atoms with Crippen molar-refractivity contribution in [3.63, 3.8) is 0 Å². The van der Waals surface area contributed by atoms with Gasteiger partial charge in [-0.25, -0.2) is 4.98 Å². The van der Waals surface area contributed by atoms with E-state index < -0.39 is 0 Å². The fourth-order valence-electron chi connectivity index (χ4n) is 3.35. The first-order valence-electron chi connectivity index (χ1n) is 7.59. The average Bonchev–Trinajstić information content (AvgIpc) is 2.35. The summed E-state index contributed by atoms with van der Waals surface area (Å²) >= 11 is 0. The first kappa shape index (κ1) is 14.1. The third kappa shape index (κ3) is 2.31. The van der Waals surface area contributed by atoms with Crippen LogP contribution in [0.2, 0.25) is 0 Å². The largest absolute Gasteiger partial charge is 0.248 e. The summed E-state index contributed by atoms with van der Waals surface area (Å²) in [7, 11) is 0. The molecular weight excluding hydrogens is 254 g/mol. The molecule has 0 fully saturated rings. The smallest absolute Gasteiger partial charge is 0.0718 e. The van der Waals surface area contributed by atoms with Crippen LogP contribution >= 0.6 is 0 Å². The molecule has 0 atom stereocenters. The van der Waals surface area contributed by atoms with Gasteiger partial charge in [0.05, 0.1) is 11.0 Å². The molecule has 0 saturated heterocycles. The average molecular weight is 277 g/mol. The van der Waals surface area contributed by atoms with Gasteiger partial charge in [0.2, 0.25) is 0 Å². The molecule has 21 heavy (non-hydrogen) atoms. The molecular formula is C20H23N. The van der Waals surface area contributed by atoms with Crippen LogP contribution in [-0.4, -0.2) is 4.98 Å². The second-order valence-corrected chi connectivity index (χ2v) is 7.23. The lowest BCUT2D eigenvalue weighted by Crippen LogP contribution is -2.14. The standard InChI is InChI=1S/C20H23N/c1-12-7-8-16-15(10-12)19(20(4,5)6)18-14(3)9-13(2)11-17(18)21-16/h7-11H,1-6H3. The Morgan fingerprint density at radius 1 is 0.810 bits per heavy atom. The molecule has 0 aliphatic rings. The minimum atomic E-state index is 0.0905. The lowest BCUT2D eigenvalue weighted by atomic mass is 9.80. The Morgan fingerprint density at radius 3 is 2.19 bits per heavy atom. The summed E-state index contributed by atoms with van der Waals surface area (Å²) in [4.78, 5) is 4.91. The van der Waals surface area contributed by atoms with Gasteiger partial charge in [-0.05, 0) is 61.1 Å². The van der Waals surface area contributed by atoms with Crippen molar-refractivity contribution in [3.05, 3.63) is 52.6 Å². The van der Waals surface area contributed by atoms with Crippen molar-refractivity contribution >= 4 is 21.8 Å². The molecule has 0 radical (unpaired) electrons. The van der Waals surface area contributed by atoms with Gasteiger partial charge >= 0.3 is 0 Å². The van der Waals surface area contributed by atoms with Gasteiger partial charge in [-0.15, -0.1) is 0 Å². The van der Waals surface area contributed by atoms with E-state index in [-0.39, 0.29) is 5.41 Å². The predicted molar refractivity (Wildman–Crippen MR) is 92.2 cm³/mol. The number of hydrogen-bond donors (Lipinski definition) is 0. The van der Waals surface area contributed by atoms with Crippen molar-refractivity contribution in [1.29, 1.82) is 0 Å². The summed E-state index contributed by atoms with van der Waals surface area (Å²) in [6, 6.07) is 11.0. The van der Waals surface area contributed by atoms with Crippen molar-refractivity contribution in [1.82, 2.24) is 4.98 Å². The summed E-state index contributed by atoms with van der Waals surface area (Å²) in [6.07, 6.45) is 0. The van der Waals surface area contributed by atoms with Gasteiger partial charge in [0, 0.05) is 10.8 Å². The van der Waals surface area contributed by atoms with Gasteiger partial charge < -0.3 is 0 Å². The molecule has 0 bridgehead atoms. The van der Waals surface area contributed by atoms with Crippen LogP contribution in [0.25, 0.3) is 21.8 Å². The Balaban J connectivity index is 2.62. The van der Waals surface area contributed by atoms with Crippen molar-refractivity contribution in [2.75, 3.05) is 0 Å². The van der Waals surface area contributed by atoms with Crippen LogP contribution in [0, 0.1) is 20.8 Å². The van der Waals surface area contributed by atoms with Crippen LogP contribution in [0.1, 0.15) is 43.0 Å². The quantitative estimate of drug-likeness (QED) is 0.487. The molecule has 1 nitrogen and oxygen atoms in total. The topological polar surface area (TPSA) is 12.9 Å². The summed E-state index contributed by atoms with van der Waals surface area (Å²) in [6.45, 7) is 13.4. The Morgan fingerprint density at radius 2 is 1.52 bits per heavy atom. The second kappa shape index (κ2) is 4.56. The first-order chi connectivity index (χ1) is 9.77. The normalized spacial score (nSPS) is 12.3. The van der Waals surface area contributed by atoms with Crippen LogP contribution in [0.15, 0.2) is 30.3 Å². The molecule has 0 aliphatic heterocycles. The van der Waals surface area contributed by atoms with E-state index in [9.17, 15) is 0 Å². The van der Waals surface area contributed by atoms with Gasteiger partial charge in [0.25, 0.3) is 0 Å². The van der Waals surface area contributed by atoms with E-state index in [1.807, 2.05) is 0 Å². The zero-order chi connectivity index (χ0) is 15.4. The highest BCUT2D eigenvalue weighted by molar-refractivity contribution is 6.00. The van der Waals surface area contributed by atoms with Crippen molar-refractivity contribution in [2.24, 2.45) is 0 Å². The molecule has 3 rings (SSSR count). The SMILES string of the molecule is Cc1cc(C)c2c(C(C)(C)C)c3cc(C)ccc3nc2c1. The van der Waals surface area contributed by atoms with Crippen molar-refractivity contribution < 1.29 is 0 Å². The summed E-state index contributed by atoms with van der Waals surface area (Å²) in [5.41, 5.74) is 7.62. The molecule has 0 saturated carbocycles.